The number of thiazole rings is 1. The number of carboxylic acid groups (broad SMARTS) is 1. The summed E-state index contributed by atoms with van der Waals surface area (Å²) < 4.78 is 3.09. The van der Waals surface area contributed by atoms with E-state index in [2.05, 4.69) is 39.8 Å². The van der Waals surface area contributed by atoms with Gasteiger partial charge in [0.1, 0.15) is 5.82 Å². The number of carbonyl (C=O) groups excluding carboxylic acids is 1. The van der Waals surface area contributed by atoms with Gasteiger partial charge < -0.3 is 10.0 Å². The van der Waals surface area contributed by atoms with Crippen LogP contribution in [-0.2, 0) is 19.5 Å². The van der Waals surface area contributed by atoms with E-state index >= 15 is 0 Å². The Morgan fingerprint density at radius 3 is 2.57 bits per heavy atom. The zero-order chi connectivity index (χ0) is 32.7. The Labute approximate surface area is 278 Å². The molecule has 2 N–H and O–H groups in total. The predicted molar refractivity (Wildman–Crippen MR) is 186 cm³/mol. The van der Waals surface area contributed by atoms with E-state index < -0.39 is 5.97 Å². The number of pyridine rings is 1. The number of anilines is 2. The lowest BCUT2D eigenvalue weighted by Crippen LogP contribution is -2.35. The highest BCUT2D eigenvalue weighted by molar-refractivity contribution is 7.22. The van der Waals surface area contributed by atoms with Gasteiger partial charge in [0.15, 0.2) is 10.8 Å². The summed E-state index contributed by atoms with van der Waals surface area (Å²) >= 11 is 1.45. The number of benzene rings is 2. The molecule has 9 nitrogen and oxygen atoms in total. The Balaban J connectivity index is 1.14. The highest BCUT2D eigenvalue weighted by Gasteiger charge is 2.36. The van der Waals surface area contributed by atoms with Crippen molar-refractivity contribution in [2.45, 2.75) is 72.4 Å². The number of aromatic nitrogens is 4. The first kappa shape index (κ1) is 31.1. The fraction of sp³-hybridized carbons (Fsp3) is 0.378. The molecule has 0 spiro atoms. The molecule has 5 aromatic rings. The standard InChI is InChI=1S/C37H40N6O3S/c1-23(2)37(17-7-4-8-18-37)22-43-24(3)28(20-38-43)26-14-15-32(40-33(26)35(45)46)42-19-16-25-10-9-11-27(29(25)21-42)34(44)41-36-39-30-12-5-6-13-31(30)47-36/h5-6,9-15,20,23H,4,7-8,16-19,21-22H2,1-3H3,(H,45,46)(H,39,41,44). The van der Waals surface area contributed by atoms with Crippen molar-refractivity contribution in [3.05, 3.63) is 88.9 Å². The van der Waals surface area contributed by atoms with Crippen LogP contribution in [0.1, 0.15) is 83.6 Å². The molecule has 0 atom stereocenters. The molecule has 10 heteroatoms. The lowest BCUT2D eigenvalue weighted by Gasteiger charge is -2.41. The predicted octanol–water partition coefficient (Wildman–Crippen LogP) is 7.98. The zero-order valence-electron chi connectivity index (χ0n) is 27.1. The molecule has 0 bridgehead atoms. The number of rotatable bonds is 8. The van der Waals surface area contributed by atoms with Gasteiger partial charge in [-0.2, -0.15) is 5.10 Å². The Bertz CT molecular complexity index is 1940. The third-order valence-corrected chi connectivity index (χ3v) is 11.3. The van der Waals surface area contributed by atoms with Crippen LogP contribution < -0.4 is 10.2 Å². The molecule has 1 saturated carbocycles. The smallest absolute Gasteiger partial charge is 0.355 e. The minimum atomic E-state index is -1.08. The summed E-state index contributed by atoms with van der Waals surface area (Å²) in [6.45, 7) is 8.60. The maximum absolute atomic E-state index is 13.5. The third kappa shape index (κ3) is 5.91. The first-order valence-corrected chi connectivity index (χ1v) is 17.3. The Morgan fingerprint density at radius 2 is 1.81 bits per heavy atom. The Hall–Kier alpha value is -4.57. The Kier molecular flexibility index (Phi) is 8.30. The van der Waals surface area contributed by atoms with Crippen LogP contribution in [0.15, 0.2) is 60.8 Å². The van der Waals surface area contributed by atoms with E-state index in [9.17, 15) is 14.7 Å². The van der Waals surface area contributed by atoms with Gasteiger partial charge in [-0.05, 0) is 79.0 Å². The number of hydrogen-bond acceptors (Lipinski definition) is 7. The topological polar surface area (TPSA) is 113 Å². The number of hydrogen-bond donors (Lipinski definition) is 2. The van der Waals surface area contributed by atoms with Gasteiger partial charge >= 0.3 is 5.97 Å². The summed E-state index contributed by atoms with van der Waals surface area (Å²) in [5.41, 5.74) is 6.00. The van der Waals surface area contributed by atoms with Crippen LogP contribution >= 0.6 is 11.3 Å². The molecule has 1 fully saturated rings. The first-order valence-electron chi connectivity index (χ1n) is 16.5. The summed E-state index contributed by atoms with van der Waals surface area (Å²) in [5, 5.41) is 18.6. The van der Waals surface area contributed by atoms with Crippen LogP contribution in [0.4, 0.5) is 10.9 Å². The highest BCUT2D eigenvalue weighted by Crippen LogP contribution is 2.44. The summed E-state index contributed by atoms with van der Waals surface area (Å²) in [5.74, 6) is -0.172. The van der Waals surface area contributed by atoms with Gasteiger partial charge in [0.2, 0.25) is 0 Å². The highest BCUT2D eigenvalue weighted by atomic mass is 32.1. The first-order chi connectivity index (χ1) is 22.7. The molecular weight excluding hydrogens is 609 g/mol. The lowest BCUT2D eigenvalue weighted by atomic mass is 9.67. The largest absolute Gasteiger partial charge is 0.476 e. The minimum Gasteiger partial charge on any atom is -0.476 e. The maximum atomic E-state index is 13.5. The van der Waals surface area contributed by atoms with Crippen molar-refractivity contribution in [2.24, 2.45) is 11.3 Å². The molecular formula is C37H40N6O3S. The quantitative estimate of drug-likeness (QED) is 0.175. The SMILES string of the molecule is Cc1c(-c2ccc(N3CCc4cccc(C(=O)Nc5nc6ccccc6s5)c4C3)nc2C(=O)O)cnn1CC1(C(C)C)CCCCC1. The number of nitrogens with one attached hydrogen (secondary N) is 1. The summed E-state index contributed by atoms with van der Waals surface area (Å²) in [6.07, 6.45) is 8.68. The van der Waals surface area contributed by atoms with Crippen molar-refractivity contribution in [3.63, 3.8) is 0 Å². The molecule has 3 aromatic heterocycles. The lowest BCUT2D eigenvalue weighted by molar-refractivity contribution is 0.0691. The fourth-order valence-electron chi connectivity index (χ4n) is 7.43. The zero-order valence-corrected chi connectivity index (χ0v) is 27.9. The molecule has 7 rings (SSSR count). The van der Waals surface area contributed by atoms with Gasteiger partial charge in [0, 0.05) is 42.0 Å². The number of carbonyl (C=O) groups is 2. The fourth-order valence-corrected chi connectivity index (χ4v) is 8.29. The molecule has 4 heterocycles. The monoisotopic (exact) mass is 648 g/mol. The second kappa shape index (κ2) is 12.6. The normalized spacial score (nSPS) is 16.0. The molecule has 0 radical (unpaired) electrons. The van der Waals surface area contributed by atoms with Crippen LogP contribution in [0.2, 0.25) is 0 Å². The van der Waals surface area contributed by atoms with E-state index in [-0.39, 0.29) is 17.0 Å². The van der Waals surface area contributed by atoms with Crippen molar-refractivity contribution in [1.82, 2.24) is 19.7 Å². The van der Waals surface area contributed by atoms with Crippen LogP contribution in [-0.4, -0.2) is 43.3 Å². The molecule has 47 heavy (non-hydrogen) atoms. The molecule has 1 aliphatic carbocycles. The number of para-hydroxylation sites is 1. The second-order valence-electron chi connectivity index (χ2n) is 13.3. The number of nitrogens with zero attached hydrogens (tertiary/aromatic N) is 5. The van der Waals surface area contributed by atoms with Crippen LogP contribution in [0, 0.1) is 18.3 Å². The average molecular weight is 649 g/mol. The summed E-state index contributed by atoms with van der Waals surface area (Å²) in [7, 11) is 0. The van der Waals surface area contributed by atoms with Crippen LogP contribution in [0.5, 0.6) is 0 Å². The molecule has 242 valence electrons. The van der Waals surface area contributed by atoms with Gasteiger partial charge in [-0.25, -0.2) is 14.8 Å². The second-order valence-corrected chi connectivity index (χ2v) is 14.3. The number of fused-ring (bicyclic) bond motifs is 2. The van der Waals surface area contributed by atoms with Crippen molar-refractivity contribution < 1.29 is 14.7 Å². The summed E-state index contributed by atoms with van der Waals surface area (Å²) in [6, 6.07) is 17.4. The average Bonchev–Trinajstić information content (AvgIpc) is 3.66. The van der Waals surface area contributed by atoms with Gasteiger partial charge in [-0.3, -0.25) is 14.8 Å². The molecule has 1 amide bonds. The molecule has 2 aromatic carbocycles. The van der Waals surface area contributed by atoms with E-state index in [0.717, 1.165) is 39.1 Å². The minimum absolute atomic E-state index is 0.00838. The molecule has 0 unspecified atom stereocenters. The van der Waals surface area contributed by atoms with E-state index in [0.29, 0.717) is 47.5 Å². The van der Waals surface area contributed by atoms with Gasteiger partial charge in [-0.1, -0.05) is 68.7 Å². The third-order valence-electron chi connectivity index (χ3n) is 10.4. The van der Waals surface area contributed by atoms with E-state index in [1.165, 1.54) is 43.4 Å². The number of amides is 1. The molecule has 2 aliphatic rings. The van der Waals surface area contributed by atoms with Gasteiger partial charge in [-0.15, -0.1) is 0 Å². The maximum Gasteiger partial charge on any atom is 0.355 e. The van der Waals surface area contributed by atoms with Crippen molar-refractivity contribution in [3.8, 4) is 11.1 Å². The van der Waals surface area contributed by atoms with Gasteiger partial charge in [0.25, 0.3) is 5.91 Å². The van der Waals surface area contributed by atoms with Crippen LogP contribution in [0.3, 0.4) is 0 Å². The van der Waals surface area contributed by atoms with E-state index in [4.69, 9.17) is 10.1 Å². The van der Waals surface area contributed by atoms with Crippen LogP contribution in [0.25, 0.3) is 21.3 Å². The summed E-state index contributed by atoms with van der Waals surface area (Å²) in [4.78, 5) is 37.4. The molecule has 1 aliphatic heterocycles. The molecule has 0 saturated heterocycles. The van der Waals surface area contributed by atoms with Crippen molar-refractivity contribution in [2.75, 3.05) is 16.8 Å². The van der Waals surface area contributed by atoms with Crippen molar-refractivity contribution in [1.29, 1.82) is 0 Å². The number of aromatic carboxylic acids is 1. The van der Waals surface area contributed by atoms with Gasteiger partial charge in [0.05, 0.1) is 16.4 Å². The Morgan fingerprint density at radius 1 is 1.00 bits per heavy atom. The number of carboxylic acids is 1. The van der Waals surface area contributed by atoms with E-state index in [1.807, 2.05) is 55.5 Å². The van der Waals surface area contributed by atoms with Crippen molar-refractivity contribution >= 4 is 44.4 Å². The van der Waals surface area contributed by atoms with E-state index in [1.54, 1.807) is 6.20 Å².